The quantitative estimate of drug-likeness (QED) is 0.864. The molecule has 1 aliphatic rings. The van der Waals surface area contributed by atoms with E-state index in [1.165, 1.54) is 12.8 Å². The van der Waals surface area contributed by atoms with Crippen LogP contribution in [-0.4, -0.2) is 30.9 Å². The van der Waals surface area contributed by atoms with Crippen molar-refractivity contribution in [2.24, 2.45) is 11.8 Å². The van der Waals surface area contributed by atoms with E-state index in [4.69, 9.17) is 4.42 Å². The van der Waals surface area contributed by atoms with Crippen LogP contribution in [0.5, 0.6) is 0 Å². The molecule has 1 aromatic heterocycles. The van der Waals surface area contributed by atoms with E-state index in [0.29, 0.717) is 24.8 Å². The number of furan rings is 1. The first-order valence-corrected chi connectivity index (χ1v) is 9.54. The van der Waals surface area contributed by atoms with Gasteiger partial charge in [-0.15, -0.1) is 0 Å². The molecule has 0 radical (unpaired) electrons. The Morgan fingerprint density at radius 1 is 1.32 bits per heavy atom. The van der Waals surface area contributed by atoms with Gasteiger partial charge in [-0.25, -0.2) is 0 Å². The van der Waals surface area contributed by atoms with Crippen molar-refractivity contribution in [3.05, 3.63) is 35.6 Å². The van der Waals surface area contributed by atoms with Gasteiger partial charge in [0.15, 0.2) is 0 Å². The predicted molar refractivity (Wildman–Crippen MR) is 101 cm³/mol. The van der Waals surface area contributed by atoms with Gasteiger partial charge in [-0.1, -0.05) is 32.0 Å². The largest absolute Gasteiger partial charge is 0.461 e. The van der Waals surface area contributed by atoms with Gasteiger partial charge in [-0.2, -0.15) is 0 Å². The molecule has 1 unspecified atom stereocenters. The van der Waals surface area contributed by atoms with Crippen molar-refractivity contribution < 1.29 is 9.21 Å². The minimum Gasteiger partial charge on any atom is -0.461 e. The van der Waals surface area contributed by atoms with Crippen molar-refractivity contribution in [3.63, 3.8) is 0 Å². The molecule has 1 fully saturated rings. The molecule has 1 aromatic carbocycles. The molecule has 1 saturated heterocycles. The minimum absolute atomic E-state index is 0.235. The van der Waals surface area contributed by atoms with E-state index in [1.807, 2.05) is 30.1 Å². The number of para-hydroxylation sites is 1. The highest BCUT2D eigenvalue weighted by Crippen LogP contribution is 2.28. The summed E-state index contributed by atoms with van der Waals surface area (Å²) >= 11 is 0. The fraction of sp³-hybridized carbons (Fsp3) is 0.571. The van der Waals surface area contributed by atoms with E-state index in [2.05, 4.69) is 25.2 Å². The van der Waals surface area contributed by atoms with E-state index in [0.717, 1.165) is 41.8 Å². The zero-order valence-electron chi connectivity index (χ0n) is 15.7. The van der Waals surface area contributed by atoms with Crippen LogP contribution in [-0.2, 0) is 17.8 Å². The second-order valence-corrected chi connectivity index (χ2v) is 7.37. The molecule has 0 saturated carbocycles. The second kappa shape index (κ2) is 8.05. The molecule has 1 N–H and O–H groups in total. The number of hydrogen-bond donors (Lipinski definition) is 1. The van der Waals surface area contributed by atoms with Crippen LogP contribution in [0.15, 0.2) is 28.7 Å². The Labute approximate surface area is 150 Å². The molecule has 1 aliphatic heterocycles. The number of nitrogens with zero attached hydrogens (tertiary/aromatic N) is 1. The van der Waals surface area contributed by atoms with E-state index in [9.17, 15) is 4.79 Å². The first kappa shape index (κ1) is 18.0. The number of aryl methyl sites for hydroxylation is 1. The third kappa shape index (κ3) is 4.06. The normalized spacial score (nSPS) is 16.9. The van der Waals surface area contributed by atoms with Crippen LogP contribution in [0.3, 0.4) is 0 Å². The maximum atomic E-state index is 12.7. The first-order chi connectivity index (χ1) is 12.1. The maximum Gasteiger partial charge on any atom is 0.222 e. The second-order valence-electron chi connectivity index (χ2n) is 7.37. The summed E-state index contributed by atoms with van der Waals surface area (Å²) in [6.45, 7) is 7.12. The Kier molecular flexibility index (Phi) is 5.79. The van der Waals surface area contributed by atoms with Gasteiger partial charge in [0.2, 0.25) is 5.91 Å². The summed E-state index contributed by atoms with van der Waals surface area (Å²) < 4.78 is 5.96. The van der Waals surface area contributed by atoms with Gasteiger partial charge in [0, 0.05) is 37.4 Å². The fourth-order valence-corrected chi connectivity index (χ4v) is 3.94. The van der Waals surface area contributed by atoms with E-state index in [1.54, 1.807) is 0 Å². The number of piperidine rings is 1. The lowest BCUT2D eigenvalue weighted by Gasteiger charge is -2.29. The number of carbonyl (C=O) groups is 1. The minimum atomic E-state index is 0.235. The lowest BCUT2D eigenvalue weighted by molar-refractivity contribution is -0.131. The number of benzene rings is 1. The fourth-order valence-electron chi connectivity index (χ4n) is 3.94. The SMILES string of the molecule is CCc1oc2ccccc2c1CN(C)C(=O)CC(C)C1CCNCC1. The number of hydrogen-bond acceptors (Lipinski definition) is 3. The lowest BCUT2D eigenvalue weighted by Crippen LogP contribution is -2.34. The molecule has 4 heteroatoms. The summed E-state index contributed by atoms with van der Waals surface area (Å²) in [5.74, 6) is 2.34. The Bertz CT molecular complexity index is 716. The number of carbonyl (C=O) groups excluding carboxylic acids is 1. The third-order valence-electron chi connectivity index (χ3n) is 5.61. The topological polar surface area (TPSA) is 45.5 Å². The van der Waals surface area contributed by atoms with Gasteiger partial charge in [0.1, 0.15) is 11.3 Å². The third-order valence-corrected chi connectivity index (χ3v) is 5.61. The molecule has 0 spiro atoms. The first-order valence-electron chi connectivity index (χ1n) is 9.54. The Morgan fingerprint density at radius 3 is 2.76 bits per heavy atom. The van der Waals surface area contributed by atoms with Crippen molar-refractivity contribution in [1.82, 2.24) is 10.2 Å². The smallest absolute Gasteiger partial charge is 0.222 e. The number of nitrogens with one attached hydrogen (secondary N) is 1. The highest BCUT2D eigenvalue weighted by atomic mass is 16.3. The van der Waals surface area contributed by atoms with Crippen molar-refractivity contribution in [2.45, 2.75) is 46.1 Å². The highest BCUT2D eigenvalue weighted by Gasteiger charge is 2.24. The van der Waals surface area contributed by atoms with Crippen LogP contribution >= 0.6 is 0 Å². The van der Waals surface area contributed by atoms with E-state index >= 15 is 0 Å². The molecular formula is C21H30N2O2. The van der Waals surface area contributed by atoms with Gasteiger partial charge in [-0.3, -0.25) is 4.79 Å². The summed E-state index contributed by atoms with van der Waals surface area (Å²) in [4.78, 5) is 14.6. The molecular weight excluding hydrogens is 312 g/mol. The zero-order valence-corrected chi connectivity index (χ0v) is 15.7. The van der Waals surface area contributed by atoms with Crippen molar-refractivity contribution in [2.75, 3.05) is 20.1 Å². The lowest BCUT2D eigenvalue weighted by atomic mass is 9.84. The van der Waals surface area contributed by atoms with Crippen LogP contribution in [0.4, 0.5) is 0 Å². The van der Waals surface area contributed by atoms with Gasteiger partial charge >= 0.3 is 0 Å². The molecule has 136 valence electrons. The molecule has 25 heavy (non-hydrogen) atoms. The van der Waals surface area contributed by atoms with Gasteiger partial charge in [0.25, 0.3) is 0 Å². The average molecular weight is 342 g/mol. The maximum absolute atomic E-state index is 12.7. The van der Waals surface area contributed by atoms with Gasteiger partial charge in [-0.05, 0) is 43.8 Å². The molecule has 3 rings (SSSR count). The number of rotatable bonds is 6. The van der Waals surface area contributed by atoms with Crippen molar-refractivity contribution >= 4 is 16.9 Å². The highest BCUT2D eigenvalue weighted by molar-refractivity contribution is 5.83. The summed E-state index contributed by atoms with van der Waals surface area (Å²) in [5.41, 5.74) is 2.07. The standard InChI is InChI=1S/C21H30N2O2/c1-4-19-18(17-7-5-6-8-20(17)25-19)14-23(3)21(24)13-15(2)16-9-11-22-12-10-16/h5-8,15-16,22H,4,9-14H2,1-3H3. The van der Waals surface area contributed by atoms with E-state index in [-0.39, 0.29) is 5.91 Å². The van der Waals surface area contributed by atoms with Crippen LogP contribution < -0.4 is 5.32 Å². The number of fused-ring (bicyclic) bond motifs is 1. The average Bonchev–Trinajstić information content (AvgIpc) is 3.00. The predicted octanol–water partition coefficient (Wildman–Crippen LogP) is 3.98. The van der Waals surface area contributed by atoms with Crippen LogP contribution in [0.25, 0.3) is 11.0 Å². The van der Waals surface area contributed by atoms with Crippen LogP contribution in [0.2, 0.25) is 0 Å². The Morgan fingerprint density at radius 2 is 2.04 bits per heavy atom. The molecule has 2 aromatic rings. The van der Waals surface area contributed by atoms with Crippen LogP contribution in [0, 0.1) is 11.8 Å². The zero-order chi connectivity index (χ0) is 17.8. The van der Waals surface area contributed by atoms with Crippen LogP contribution in [0.1, 0.15) is 44.4 Å². The molecule has 4 nitrogen and oxygen atoms in total. The molecule has 1 atom stereocenters. The van der Waals surface area contributed by atoms with E-state index < -0.39 is 0 Å². The summed E-state index contributed by atoms with van der Waals surface area (Å²) in [6.07, 6.45) is 3.85. The van der Waals surface area contributed by atoms with Gasteiger partial charge in [0.05, 0.1) is 0 Å². The van der Waals surface area contributed by atoms with Crippen molar-refractivity contribution in [1.29, 1.82) is 0 Å². The molecule has 1 amide bonds. The molecule has 0 bridgehead atoms. The monoisotopic (exact) mass is 342 g/mol. The Balaban J connectivity index is 1.67. The summed E-state index contributed by atoms with van der Waals surface area (Å²) in [5, 5.41) is 4.53. The summed E-state index contributed by atoms with van der Waals surface area (Å²) in [7, 11) is 1.92. The molecule has 2 heterocycles. The summed E-state index contributed by atoms with van der Waals surface area (Å²) in [6, 6.07) is 8.11. The molecule has 0 aliphatic carbocycles. The number of amides is 1. The van der Waals surface area contributed by atoms with Gasteiger partial charge < -0.3 is 14.6 Å². The Hall–Kier alpha value is -1.81. The van der Waals surface area contributed by atoms with Crippen molar-refractivity contribution in [3.8, 4) is 0 Å².